The van der Waals surface area contributed by atoms with Gasteiger partial charge in [-0.05, 0) is 18.2 Å². The fourth-order valence-electron chi connectivity index (χ4n) is 0.856. The molecule has 1 aromatic rings. The Morgan fingerprint density at radius 2 is 1.75 bits per heavy atom. The molecule has 0 fully saturated rings. The molecule has 1 N–H and O–H groups in total. The van der Waals surface area contributed by atoms with Crippen molar-refractivity contribution < 1.29 is 0 Å². The summed E-state index contributed by atoms with van der Waals surface area (Å²) in [4.78, 5) is 0. The van der Waals surface area contributed by atoms with Crippen LogP contribution >= 0.6 is 35.8 Å². The third-order valence-corrected chi connectivity index (χ3v) is 1.96. The Labute approximate surface area is 87.5 Å². The summed E-state index contributed by atoms with van der Waals surface area (Å²) in [6, 6.07) is 5.36. The van der Waals surface area contributed by atoms with Crippen LogP contribution in [0.2, 0.25) is 10.0 Å². The molecule has 0 atom stereocenters. The lowest BCUT2D eigenvalue weighted by molar-refractivity contribution is 1.23. The van der Waals surface area contributed by atoms with E-state index in [1.165, 1.54) is 0 Å². The molecule has 0 heterocycles. The zero-order valence-electron chi connectivity index (χ0n) is 6.35. The van der Waals surface area contributed by atoms with Crippen molar-refractivity contribution in [1.82, 2.24) is 0 Å². The van der Waals surface area contributed by atoms with Gasteiger partial charge in [0.15, 0.2) is 0 Å². The largest absolute Gasteiger partial charge is 0.384 e. The highest BCUT2D eigenvalue weighted by atomic mass is 35.5. The maximum Gasteiger partial charge on any atom is 0.0441 e. The summed E-state index contributed by atoms with van der Waals surface area (Å²) in [5.41, 5.74) is 0.932. The first-order valence-corrected chi connectivity index (χ1v) is 4.92. The quantitative estimate of drug-likeness (QED) is 0.747. The van der Waals surface area contributed by atoms with Gasteiger partial charge in [0.2, 0.25) is 0 Å². The minimum absolute atomic E-state index is 0.643. The fraction of sp³-hybridized carbons (Fsp3) is 0.250. The van der Waals surface area contributed by atoms with Crippen molar-refractivity contribution in [3.05, 3.63) is 28.2 Å². The first-order chi connectivity index (χ1) is 5.72. The highest BCUT2D eigenvalue weighted by Crippen LogP contribution is 2.22. The molecule has 0 radical (unpaired) electrons. The van der Waals surface area contributed by atoms with Crippen LogP contribution in [0.15, 0.2) is 18.2 Å². The summed E-state index contributed by atoms with van der Waals surface area (Å²) in [5, 5.41) is 4.42. The van der Waals surface area contributed by atoms with E-state index in [2.05, 4.69) is 17.9 Å². The van der Waals surface area contributed by atoms with E-state index in [4.69, 9.17) is 23.2 Å². The molecule has 0 aliphatic rings. The Kier molecular flexibility index (Phi) is 4.06. The monoisotopic (exact) mass is 221 g/mol. The van der Waals surface area contributed by atoms with Gasteiger partial charge in [-0.25, -0.2) is 0 Å². The van der Waals surface area contributed by atoms with Crippen LogP contribution in [0, 0.1) is 0 Å². The van der Waals surface area contributed by atoms with Crippen LogP contribution < -0.4 is 5.32 Å². The van der Waals surface area contributed by atoms with Crippen LogP contribution in [0.25, 0.3) is 0 Å². The lowest BCUT2D eigenvalue weighted by Crippen LogP contribution is -2.01. The molecule has 4 heteroatoms. The molecule has 0 aliphatic carbocycles. The zero-order chi connectivity index (χ0) is 8.97. The molecular weight excluding hydrogens is 213 g/mol. The molecule has 0 aliphatic heterocycles. The molecule has 0 spiro atoms. The van der Waals surface area contributed by atoms with Gasteiger partial charge in [-0.1, -0.05) is 23.2 Å². The van der Waals surface area contributed by atoms with Gasteiger partial charge in [-0.3, -0.25) is 0 Å². The molecule has 0 unspecified atom stereocenters. The van der Waals surface area contributed by atoms with Gasteiger partial charge in [-0.2, -0.15) is 12.6 Å². The van der Waals surface area contributed by atoms with Crippen molar-refractivity contribution in [2.45, 2.75) is 0 Å². The SMILES string of the molecule is SCCNc1cc(Cl)cc(Cl)c1. The molecular formula is C8H9Cl2NS. The van der Waals surface area contributed by atoms with E-state index >= 15 is 0 Å². The molecule has 12 heavy (non-hydrogen) atoms. The molecule has 1 aromatic carbocycles. The summed E-state index contributed by atoms with van der Waals surface area (Å²) in [6.45, 7) is 0.805. The second-order valence-electron chi connectivity index (χ2n) is 2.31. The van der Waals surface area contributed by atoms with Crippen molar-refractivity contribution in [3.8, 4) is 0 Å². The van der Waals surface area contributed by atoms with Crippen molar-refractivity contribution in [3.63, 3.8) is 0 Å². The van der Waals surface area contributed by atoms with Crippen molar-refractivity contribution >= 4 is 41.5 Å². The molecule has 0 amide bonds. The summed E-state index contributed by atoms with van der Waals surface area (Å²) < 4.78 is 0. The van der Waals surface area contributed by atoms with E-state index in [9.17, 15) is 0 Å². The number of thiol groups is 1. The lowest BCUT2D eigenvalue weighted by atomic mass is 10.3. The van der Waals surface area contributed by atoms with E-state index in [1.54, 1.807) is 6.07 Å². The van der Waals surface area contributed by atoms with Crippen molar-refractivity contribution in [2.24, 2.45) is 0 Å². The first kappa shape index (κ1) is 10.0. The van der Waals surface area contributed by atoms with E-state index in [0.717, 1.165) is 18.0 Å². The summed E-state index contributed by atoms with van der Waals surface area (Å²) in [6.07, 6.45) is 0. The van der Waals surface area contributed by atoms with Crippen LogP contribution in [-0.2, 0) is 0 Å². The van der Waals surface area contributed by atoms with Gasteiger partial charge in [-0.15, -0.1) is 0 Å². The van der Waals surface area contributed by atoms with E-state index in [-0.39, 0.29) is 0 Å². The summed E-state index contributed by atoms with van der Waals surface area (Å²) in [7, 11) is 0. The van der Waals surface area contributed by atoms with Crippen LogP contribution in [0.4, 0.5) is 5.69 Å². The van der Waals surface area contributed by atoms with Gasteiger partial charge < -0.3 is 5.32 Å². The van der Waals surface area contributed by atoms with Gasteiger partial charge in [0, 0.05) is 28.0 Å². The second kappa shape index (κ2) is 4.85. The predicted octanol–water partition coefficient (Wildman–Crippen LogP) is 3.34. The molecule has 0 saturated carbocycles. The summed E-state index contributed by atoms with van der Waals surface area (Å²) >= 11 is 15.6. The Morgan fingerprint density at radius 3 is 2.25 bits per heavy atom. The molecule has 66 valence electrons. The molecule has 0 aromatic heterocycles. The second-order valence-corrected chi connectivity index (χ2v) is 3.63. The normalized spacial score (nSPS) is 9.92. The van der Waals surface area contributed by atoms with Gasteiger partial charge in [0.25, 0.3) is 0 Å². The topological polar surface area (TPSA) is 12.0 Å². The third kappa shape index (κ3) is 3.13. The average molecular weight is 222 g/mol. The van der Waals surface area contributed by atoms with Crippen LogP contribution in [0.1, 0.15) is 0 Å². The Balaban J connectivity index is 2.72. The maximum atomic E-state index is 5.79. The molecule has 0 saturated heterocycles. The zero-order valence-corrected chi connectivity index (χ0v) is 8.76. The van der Waals surface area contributed by atoms with Gasteiger partial charge >= 0.3 is 0 Å². The summed E-state index contributed by atoms with van der Waals surface area (Å²) in [5.74, 6) is 0.782. The third-order valence-electron chi connectivity index (χ3n) is 1.30. The predicted molar refractivity (Wildman–Crippen MR) is 58.8 cm³/mol. The van der Waals surface area contributed by atoms with Gasteiger partial charge in [0.1, 0.15) is 0 Å². The van der Waals surface area contributed by atoms with Crippen molar-refractivity contribution in [2.75, 3.05) is 17.6 Å². The molecule has 0 bridgehead atoms. The van der Waals surface area contributed by atoms with Crippen LogP contribution in [0.3, 0.4) is 0 Å². The van der Waals surface area contributed by atoms with E-state index in [1.807, 2.05) is 12.1 Å². The number of nitrogens with one attached hydrogen (secondary N) is 1. The fourth-order valence-corrected chi connectivity index (χ4v) is 1.49. The Hall–Kier alpha value is -0.0500. The minimum Gasteiger partial charge on any atom is -0.384 e. The van der Waals surface area contributed by atoms with Crippen molar-refractivity contribution in [1.29, 1.82) is 0 Å². The highest BCUT2D eigenvalue weighted by Gasteiger charge is 1.95. The maximum absolute atomic E-state index is 5.79. The Morgan fingerprint density at radius 1 is 1.17 bits per heavy atom. The minimum atomic E-state index is 0.643. The molecule has 1 rings (SSSR count). The van der Waals surface area contributed by atoms with Crippen LogP contribution in [-0.4, -0.2) is 12.3 Å². The number of anilines is 1. The number of hydrogen-bond donors (Lipinski definition) is 2. The number of benzene rings is 1. The smallest absolute Gasteiger partial charge is 0.0441 e. The van der Waals surface area contributed by atoms with E-state index in [0.29, 0.717) is 10.0 Å². The number of halogens is 2. The lowest BCUT2D eigenvalue weighted by Gasteiger charge is -2.04. The van der Waals surface area contributed by atoms with Gasteiger partial charge in [0.05, 0.1) is 0 Å². The highest BCUT2D eigenvalue weighted by molar-refractivity contribution is 7.80. The molecule has 1 nitrogen and oxygen atoms in total. The number of rotatable bonds is 3. The number of hydrogen-bond acceptors (Lipinski definition) is 2. The standard InChI is InChI=1S/C8H9Cl2NS/c9-6-3-7(10)5-8(4-6)11-1-2-12/h3-5,11-12H,1-2H2. The average Bonchev–Trinajstić information content (AvgIpc) is 1.99. The first-order valence-electron chi connectivity index (χ1n) is 3.53. The van der Waals surface area contributed by atoms with E-state index < -0.39 is 0 Å². The Bertz CT molecular complexity index is 245. The van der Waals surface area contributed by atoms with Crippen LogP contribution in [0.5, 0.6) is 0 Å².